The van der Waals surface area contributed by atoms with Gasteiger partial charge in [-0.1, -0.05) is 12.5 Å². The summed E-state index contributed by atoms with van der Waals surface area (Å²) in [4.78, 5) is 11.9. The number of unbranched alkanes of at least 4 members (excludes halogenated alkanes) is 2. The summed E-state index contributed by atoms with van der Waals surface area (Å²) in [6.45, 7) is 1.99. The Labute approximate surface area is 112 Å². The van der Waals surface area contributed by atoms with Gasteiger partial charge in [0.1, 0.15) is 0 Å². The lowest BCUT2D eigenvalue weighted by atomic mass is 10.1. The maximum Gasteiger partial charge on any atom is 0.251 e. The summed E-state index contributed by atoms with van der Waals surface area (Å²) in [5, 5.41) is 2.93. The molecule has 1 aromatic carbocycles. The van der Waals surface area contributed by atoms with Crippen LogP contribution in [0.1, 0.15) is 40.7 Å². The Morgan fingerprint density at radius 2 is 2.06 bits per heavy atom. The summed E-state index contributed by atoms with van der Waals surface area (Å²) in [6, 6.07) is 5.77. The van der Waals surface area contributed by atoms with E-state index in [0.29, 0.717) is 25.6 Å². The van der Waals surface area contributed by atoms with Gasteiger partial charge in [0.2, 0.25) is 0 Å². The maximum atomic E-state index is 11.9. The van der Waals surface area contributed by atoms with Crippen molar-refractivity contribution in [3.63, 3.8) is 0 Å². The Morgan fingerprint density at radius 3 is 2.89 bits per heavy atom. The van der Waals surface area contributed by atoms with Gasteiger partial charge in [-0.25, -0.2) is 0 Å². The zero-order valence-corrected chi connectivity index (χ0v) is 11.1. The lowest BCUT2D eigenvalue weighted by Crippen LogP contribution is -2.24. The van der Waals surface area contributed by atoms with Crippen LogP contribution in [0.15, 0.2) is 18.2 Å². The molecule has 1 heterocycles. The van der Waals surface area contributed by atoms with Crippen molar-refractivity contribution >= 4 is 17.5 Å². The Kier molecular flexibility index (Phi) is 5.02. The molecule has 3 nitrogen and oxygen atoms in total. The summed E-state index contributed by atoms with van der Waals surface area (Å²) in [6.07, 6.45) is 3.04. The smallest absolute Gasteiger partial charge is 0.251 e. The van der Waals surface area contributed by atoms with Gasteiger partial charge < -0.3 is 10.1 Å². The van der Waals surface area contributed by atoms with Crippen LogP contribution in [0.4, 0.5) is 0 Å². The van der Waals surface area contributed by atoms with Crippen LogP contribution >= 0.6 is 11.6 Å². The van der Waals surface area contributed by atoms with Crippen LogP contribution < -0.4 is 5.32 Å². The van der Waals surface area contributed by atoms with E-state index in [1.165, 1.54) is 5.56 Å². The third-order valence-corrected chi connectivity index (χ3v) is 3.35. The number of carbonyl (C=O) groups is 1. The molecule has 1 aromatic rings. The standard InChI is InChI=1S/C14H18ClNO2/c15-6-2-1-3-7-16-14(17)11-4-5-12-9-18-10-13(12)8-11/h4-5,8H,1-3,6-7,9-10H2,(H,16,17). The lowest BCUT2D eigenvalue weighted by Gasteiger charge is -2.06. The molecular formula is C14H18ClNO2. The first-order valence-corrected chi connectivity index (χ1v) is 6.88. The van der Waals surface area contributed by atoms with Crippen LogP contribution in [-0.4, -0.2) is 18.3 Å². The summed E-state index contributed by atoms with van der Waals surface area (Å²) in [5.74, 6) is 0.689. The summed E-state index contributed by atoms with van der Waals surface area (Å²) >= 11 is 5.59. The van der Waals surface area contributed by atoms with Crippen molar-refractivity contribution in [3.8, 4) is 0 Å². The SMILES string of the molecule is O=C(NCCCCCCl)c1ccc2c(c1)COC2. The number of hydrogen-bond donors (Lipinski definition) is 1. The monoisotopic (exact) mass is 267 g/mol. The Balaban J connectivity index is 1.82. The molecule has 0 bridgehead atoms. The molecule has 18 heavy (non-hydrogen) atoms. The van der Waals surface area contributed by atoms with Crippen LogP contribution in [0.3, 0.4) is 0 Å². The van der Waals surface area contributed by atoms with Gasteiger partial charge >= 0.3 is 0 Å². The van der Waals surface area contributed by atoms with Gasteiger partial charge in [0.15, 0.2) is 0 Å². The fourth-order valence-electron chi connectivity index (χ4n) is 2.01. The van der Waals surface area contributed by atoms with E-state index in [0.717, 1.165) is 30.4 Å². The van der Waals surface area contributed by atoms with Crippen molar-refractivity contribution in [1.82, 2.24) is 5.32 Å². The first-order valence-electron chi connectivity index (χ1n) is 6.35. The highest BCUT2D eigenvalue weighted by Crippen LogP contribution is 2.20. The summed E-state index contributed by atoms with van der Waals surface area (Å²) in [5.41, 5.74) is 3.04. The molecule has 0 atom stereocenters. The molecule has 0 aliphatic carbocycles. The van der Waals surface area contributed by atoms with E-state index in [-0.39, 0.29) is 5.91 Å². The largest absolute Gasteiger partial charge is 0.372 e. The number of fused-ring (bicyclic) bond motifs is 1. The highest BCUT2D eigenvalue weighted by molar-refractivity contribution is 6.17. The van der Waals surface area contributed by atoms with E-state index in [4.69, 9.17) is 16.3 Å². The topological polar surface area (TPSA) is 38.3 Å². The number of nitrogens with one attached hydrogen (secondary N) is 1. The number of carbonyl (C=O) groups excluding carboxylic acids is 1. The van der Waals surface area contributed by atoms with Gasteiger partial charge in [-0.15, -0.1) is 11.6 Å². The number of rotatable bonds is 6. The zero-order valence-electron chi connectivity index (χ0n) is 10.4. The molecule has 1 aliphatic heterocycles. The molecule has 2 rings (SSSR count). The quantitative estimate of drug-likeness (QED) is 0.636. The molecule has 0 saturated heterocycles. The molecule has 1 aliphatic rings. The van der Waals surface area contributed by atoms with E-state index in [1.54, 1.807) is 0 Å². The number of hydrogen-bond acceptors (Lipinski definition) is 2. The van der Waals surface area contributed by atoms with Crippen molar-refractivity contribution in [2.75, 3.05) is 12.4 Å². The third-order valence-electron chi connectivity index (χ3n) is 3.08. The van der Waals surface area contributed by atoms with Gasteiger partial charge in [0.05, 0.1) is 13.2 Å². The average molecular weight is 268 g/mol. The minimum absolute atomic E-state index is 0.00410. The van der Waals surface area contributed by atoms with Crippen molar-refractivity contribution in [3.05, 3.63) is 34.9 Å². The lowest BCUT2D eigenvalue weighted by molar-refractivity contribution is 0.0953. The van der Waals surface area contributed by atoms with Crippen LogP contribution in [0.25, 0.3) is 0 Å². The molecule has 4 heteroatoms. The fraction of sp³-hybridized carbons (Fsp3) is 0.500. The van der Waals surface area contributed by atoms with Crippen molar-refractivity contribution in [1.29, 1.82) is 0 Å². The molecule has 98 valence electrons. The molecule has 0 unspecified atom stereocenters. The van der Waals surface area contributed by atoms with Crippen molar-refractivity contribution in [2.24, 2.45) is 0 Å². The van der Waals surface area contributed by atoms with E-state index in [1.807, 2.05) is 18.2 Å². The van der Waals surface area contributed by atoms with E-state index >= 15 is 0 Å². The number of alkyl halides is 1. The Morgan fingerprint density at radius 1 is 1.22 bits per heavy atom. The van der Waals surface area contributed by atoms with Crippen molar-refractivity contribution in [2.45, 2.75) is 32.5 Å². The molecule has 1 amide bonds. The van der Waals surface area contributed by atoms with Gasteiger partial charge in [-0.2, -0.15) is 0 Å². The summed E-state index contributed by atoms with van der Waals surface area (Å²) in [7, 11) is 0. The number of ether oxygens (including phenoxy) is 1. The summed E-state index contributed by atoms with van der Waals surface area (Å²) < 4.78 is 5.33. The van der Waals surface area contributed by atoms with Crippen LogP contribution in [0, 0.1) is 0 Å². The second kappa shape index (κ2) is 6.76. The molecule has 0 radical (unpaired) electrons. The molecule has 1 N–H and O–H groups in total. The third kappa shape index (κ3) is 3.47. The fourth-order valence-corrected chi connectivity index (χ4v) is 2.20. The van der Waals surface area contributed by atoms with E-state index < -0.39 is 0 Å². The number of benzene rings is 1. The molecule has 0 aromatic heterocycles. The average Bonchev–Trinajstić information content (AvgIpc) is 2.85. The molecule has 0 spiro atoms. The van der Waals surface area contributed by atoms with E-state index in [9.17, 15) is 4.79 Å². The second-order valence-corrected chi connectivity index (χ2v) is 4.86. The molecular weight excluding hydrogens is 250 g/mol. The minimum atomic E-state index is -0.00410. The first-order chi connectivity index (χ1) is 8.81. The first kappa shape index (κ1) is 13.4. The van der Waals surface area contributed by atoms with Crippen LogP contribution in [0.5, 0.6) is 0 Å². The van der Waals surface area contributed by atoms with Crippen molar-refractivity contribution < 1.29 is 9.53 Å². The predicted molar refractivity (Wildman–Crippen MR) is 71.8 cm³/mol. The molecule has 0 fully saturated rings. The normalized spacial score (nSPS) is 13.4. The number of halogens is 1. The van der Waals surface area contributed by atoms with Crippen LogP contribution in [-0.2, 0) is 18.0 Å². The highest BCUT2D eigenvalue weighted by Gasteiger charge is 2.13. The highest BCUT2D eigenvalue weighted by atomic mass is 35.5. The Hall–Kier alpha value is -1.06. The Bertz CT molecular complexity index is 420. The minimum Gasteiger partial charge on any atom is -0.372 e. The van der Waals surface area contributed by atoms with E-state index in [2.05, 4.69) is 5.32 Å². The van der Waals surface area contributed by atoms with Gasteiger partial charge in [-0.05, 0) is 36.1 Å². The van der Waals surface area contributed by atoms with Gasteiger partial charge in [0, 0.05) is 18.0 Å². The number of amides is 1. The molecule has 0 saturated carbocycles. The zero-order chi connectivity index (χ0) is 12.8. The van der Waals surface area contributed by atoms with Crippen LogP contribution in [0.2, 0.25) is 0 Å². The second-order valence-electron chi connectivity index (χ2n) is 4.48. The predicted octanol–water partition coefficient (Wildman–Crippen LogP) is 2.86. The maximum absolute atomic E-state index is 11.9. The van der Waals surface area contributed by atoms with Gasteiger partial charge in [0.25, 0.3) is 5.91 Å². The van der Waals surface area contributed by atoms with Gasteiger partial charge in [-0.3, -0.25) is 4.79 Å².